The van der Waals surface area contributed by atoms with Crippen LogP contribution in [0.3, 0.4) is 0 Å². The molecule has 1 aromatic carbocycles. The lowest BCUT2D eigenvalue weighted by molar-refractivity contribution is 0.721. The zero-order valence-electron chi connectivity index (χ0n) is 13.7. The Balaban J connectivity index is 1.85. The molecular weight excluding hydrogens is 286 g/mol. The van der Waals surface area contributed by atoms with Gasteiger partial charge in [-0.05, 0) is 19.8 Å². The van der Waals surface area contributed by atoms with Crippen LogP contribution in [0.2, 0.25) is 0 Å². The van der Waals surface area contributed by atoms with Crippen molar-refractivity contribution in [3.63, 3.8) is 0 Å². The Hall–Kier alpha value is -2.43. The summed E-state index contributed by atoms with van der Waals surface area (Å²) in [5.41, 5.74) is 3.43. The fourth-order valence-electron chi connectivity index (χ4n) is 3.27. The first-order chi connectivity index (χ1) is 11.3. The van der Waals surface area contributed by atoms with Gasteiger partial charge in [-0.2, -0.15) is 9.50 Å². The summed E-state index contributed by atoms with van der Waals surface area (Å²) >= 11 is 0. The molecule has 1 aliphatic rings. The van der Waals surface area contributed by atoms with Crippen LogP contribution < -0.4 is 4.90 Å². The van der Waals surface area contributed by atoms with Gasteiger partial charge in [-0.25, -0.2) is 4.98 Å². The molecule has 23 heavy (non-hydrogen) atoms. The molecule has 3 heterocycles. The van der Waals surface area contributed by atoms with Crippen molar-refractivity contribution in [3.05, 3.63) is 41.6 Å². The van der Waals surface area contributed by atoms with Gasteiger partial charge in [0, 0.05) is 29.9 Å². The number of benzene rings is 1. The number of fused-ring (bicyclic) bond motifs is 3. The monoisotopic (exact) mass is 307 g/mol. The predicted molar refractivity (Wildman–Crippen MR) is 91.8 cm³/mol. The van der Waals surface area contributed by atoms with Gasteiger partial charge >= 0.3 is 0 Å². The third-order valence-electron chi connectivity index (χ3n) is 4.51. The van der Waals surface area contributed by atoms with E-state index in [0.717, 1.165) is 36.6 Å². The highest BCUT2D eigenvalue weighted by molar-refractivity contribution is 5.62. The minimum Gasteiger partial charge on any atom is -0.356 e. The van der Waals surface area contributed by atoms with Crippen molar-refractivity contribution in [3.8, 4) is 11.4 Å². The number of anilines is 1. The van der Waals surface area contributed by atoms with E-state index in [0.29, 0.717) is 5.78 Å². The number of nitrogens with zero attached hydrogens (tertiary/aromatic N) is 5. The molecule has 0 saturated heterocycles. The molecule has 0 spiro atoms. The summed E-state index contributed by atoms with van der Waals surface area (Å²) in [4.78, 5) is 11.8. The number of aromatic nitrogens is 4. The second-order valence-electron chi connectivity index (χ2n) is 6.10. The van der Waals surface area contributed by atoms with Crippen LogP contribution in [0.15, 0.2) is 30.3 Å². The molecule has 0 bridgehead atoms. The summed E-state index contributed by atoms with van der Waals surface area (Å²) in [6.07, 6.45) is 3.45. The summed E-state index contributed by atoms with van der Waals surface area (Å²) in [5, 5.41) is 4.76. The lowest BCUT2D eigenvalue weighted by atomic mass is 10.2. The van der Waals surface area contributed by atoms with Crippen molar-refractivity contribution < 1.29 is 0 Å². The van der Waals surface area contributed by atoms with Gasteiger partial charge in [-0.3, -0.25) is 0 Å². The van der Waals surface area contributed by atoms with Crippen molar-refractivity contribution >= 4 is 11.6 Å². The molecule has 0 amide bonds. The maximum Gasteiger partial charge on any atom is 0.254 e. The van der Waals surface area contributed by atoms with Crippen LogP contribution in [-0.2, 0) is 6.42 Å². The highest BCUT2D eigenvalue weighted by atomic mass is 15.4. The quantitative estimate of drug-likeness (QED) is 0.742. The molecule has 0 aliphatic carbocycles. The summed E-state index contributed by atoms with van der Waals surface area (Å²) < 4.78 is 1.94. The van der Waals surface area contributed by atoms with Crippen molar-refractivity contribution in [2.45, 2.75) is 33.1 Å². The second-order valence-corrected chi connectivity index (χ2v) is 6.10. The largest absolute Gasteiger partial charge is 0.356 e. The van der Waals surface area contributed by atoms with Gasteiger partial charge in [0.1, 0.15) is 5.82 Å². The standard InChI is InChI=1S/C18H21N5/c1-3-4-11-22-12-10-15-13(2)19-18-20-16(21-23(18)17(15)22)14-8-6-5-7-9-14/h5-9H,3-4,10-12H2,1-2H3. The van der Waals surface area contributed by atoms with E-state index < -0.39 is 0 Å². The lowest BCUT2D eigenvalue weighted by Crippen LogP contribution is -2.23. The van der Waals surface area contributed by atoms with Crippen LogP contribution in [-0.4, -0.2) is 32.7 Å². The van der Waals surface area contributed by atoms with Gasteiger partial charge in [0.05, 0.1) is 0 Å². The average Bonchev–Trinajstić information content (AvgIpc) is 3.18. The first kappa shape index (κ1) is 14.2. The highest BCUT2D eigenvalue weighted by Gasteiger charge is 2.26. The molecule has 0 radical (unpaired) electrons. The Bertz CT molecular complexity index is 837. The molecule has 0 unspecified atom stereocenters. The van der Waals surface area contributed by atoms with Crippen LogP contribution >= 0.6 is 0 Å². The number of rotatable bonds is 4. The zero-order valence-corrected chi connectivity index (χ0v) is 13.7. The maximum absolute atomic E-state index is 4.76. The van der Waals surface area contributed by atoms with Crippen LogP contribution in [0.25, 0.3) is 17.2 Å². The zero-order chi connectivity index (χ0) is 15.8. The van der Waals surface area contributed by atoms with E-state index in [2.05, 4.69) is 28.7 Å². The molecule has 0 N–H and O–H groups in total. The van der Waals surface area contributed by atoms with Crippen LogP contribution in [0.4, 0.5) is 5.82 Å². The molecule has 0 fully saturated rings. The minimum absolute atomic E-state index is 0.698. The van der Waals surface area contributed by atoms with Gasteiger partial charge < -0.3 is 4.90 Å². The molecule has 3 aromatic rings. The van der Waals surface area contributed by atoms with Crippen molar-refractivity contribution in [2.75, 3.05) is 18.0 Å². The van der Waals surface area contributed by atoms with E-state index in [-0.39, 0.29) is 0 Å². The van der Waals surface area contributed by atoms with E-state index in [1.165, 1.54) is 24.2 Å². The fourth-order valence-corrected chi connectivity index (χ4v) is 3.27. The normalized spacial score (nSPS) is 13.7. The van der Waals surface area contributed by atoms with Crippen molar-refractivity contribution in [1.82, 2.24) is 19.6 Å². The van der Waals surface area contributed by atoms with E-state index in [1.54, 1.807) is 0 Å². The molecule has 0 saturated carbocycles. The van der Waals surface area contributed by atoms with Crippen LogP contribution in [0, 0.1) is 6.92 Å². The number of aryl methyl sites for hydroxylation is 1. The molecule has 5 heteroatoms. The molecule has 118 valence electrons. The first-order valence-corrected chi connectivity index (χ1v) is 8.34. The average molecular weight is 307 g/mol. The number of hydrogen-bond acceptors (Lipinski definition) is 4. The van der Waals surface area contributed by atoms with Gasteiger partial charge in [0.15, 0.2) is 5.82 Å². The van der Waals surface area contributed by atoms with Crippen molar-refractivity contribution in [2.24, 2.45) is 0 Å². The van der Waals surface area contributed by atoms with Gasteiger partial charge in [-0.1, -0.05) is 43.7 Å². The van der Waals surface area contributed by atoms with Crippen LogP contribution in [0.1, 0.15) is 31.0 Å². The molecule has 2 aromatic heterocycles. The Kier molecular flexibility index (Phi) is 3.48. The summed E-state index contributed by atoms with van der Waals surface area (Å²) in [6, 6.07) is 10.1. The second kappa shape index (κ2) is 5.65. The summed E-state index contributed by atoms with van der Waals surface area (Å²) in [6.45, 7) is 6.44. The minimum atomic E-state index is 0.698. The Morgan fingerprint density at radius 3 is 2.74 bits per heavy atom. The smallest absolute Gasteiger partial charge is 0.254 e. The van der Waals surface area contributed by atoms with Crippen LogP contribution in [0.5, 0.6) is 0 Å². The Morgan fingerprint density at radius 1 is 1.13 bits per heavy atom. The van der Waals surface area contributed by atoms with E-state index in [9.17, 15) is 0 Å². The highest BCUT2D eigenvalue weighted by Crippen LogP contribution is 2.31. The Morgan fingerprint density at radius 2 is 1.96 bits per heavy atom. The summed E-state index contributed by atoms with van der Waals surface area (Å²) in [5.74, 6) is 2.63. The third kappa shape index (κ3) is 2.36. The maximum atomic E-state index is 4.76. The number of unbranched alkanes of at least 4 members (excludes halogenated alkanes) is 1. The molecule has 4 rings (SSSR count). The molecular formula is C18H21N5. The molecule has 1 aliphatic heterocycles. The van der Waals surface area contributed by atoms with Crippen molar-refractivity contribution in [1.29, 1.82) is 0 Å². The van der Waals surface area contributed by atoms with E-state index >= 15 is 0 Å². The van der Waals surface area contributed by atoms with E-state index in [1.807, 2.05) is 34.8 Å². The number of hydrogen-bond donors (Lipinski definition) is 0. The van der Waals surface area contributed by atoms with Gasteiger partial charge in [0.25, 0.3) is 5.78 Å². The SMILES string of the molecule is CCCCN1CCc2c(C)nc3nc(-c4ccccc4)nn3c21. The lowest BCUT2D eigenvalue weighted by Gasteiger charge is -2.19. The van der Waals surface area contributed by atoms with E-state index in [4.69, 9.17) is 5.10 Å². The molecule has 5 nitrogen and oxygen atoms in total. The fraction of sp³-hybridized carbons (Fsp3) is 0.389. The topological polar surface area (TPSA) is 46.3 Å². The van der Waals surface area contributed by atoms with Gasteiger partial charge in [-0.15, -0.1) is 5.10 Å². The Labute approximate surface area is 136 Å². The predicted octanol–water partition coefficient (Wildman–Crippen LogP) is 3.26. The third-order valence-corrected chi connectivity index (χ3v) is 4.51. The first-order valence-electron chi connectivity index (χ1n) is 8.34. The summed E-state index contributed by atoms with van der Waals surface area (Å²) in [7, 11) is 0. The van der Waals surface area contributed by atoms with Gasteiger partial charge in [0.2, 0.25) is 0 Å². The molecule has 0 atom stereocenters.